The molecule has 1 saturated heterocycles. The van der Waals surface area contributed by atoms with Gasteiger partial charge in [0.15, 0.2) is 11.9 Å². The number of Topliss-reactive ketones (excluding diaryl/α,β-unsaturated/α-hetero) is 1. The number of hydrogen-bond acceptors (Lipinski definition) is 3. The van der Waals surface area contributed by atoms with Crippen LogP contribution < -0.4 is 0 Å². The molecule has 104 valence electrons. The molecule has 0 aliphatic carbocycles. The highest BCUT2D eigenvalue weighted by molar-refractivity contribution is 7.10. The first-order valence-electron chi connectivity index (χ1n) is 5.84. The Hall–Kier alpha value is -1.66. The molecule has 6 heteroatoms. The number of carbonyl (C=O) groups is 1. The van der Waals surface area contributed by atoms with E-state index in [1.807, 2.05) is 0 Å². The van der Waals surface area contributed by atoms with Gasteiger partial charge >= 0.3 is 6.18 Å². The Balaban J connectivity index is 1.96. The fraction of sp³-hybridized carbons (Fsp3) is 0.214. The smallest absolute Gasteiger partial charge is 0.342 e. The van der Waals surface area contributed by atoms with Crippen molar-refractivity contribution in [1.29, 1.82) is 0 Å². The summed E-state index contributed by atoms with van der Waals surface area (Å²) in [7, 11) is 0. The minimum atomic E-state index is -4.62. The second-order valence-electron chi connectivity index (χ2n) is 4.44. The average molecular weight is 298 g/mol. The largest absolute Gasteiger partial charge is 0.425 e. The van der Waals surface area contributed by atoms with Crippen LogP contribution in [0.2, 0.25) is 0 Å². The number of hydrogen-bond donors (Lipinski definition) is 0. The Bertz CT molecular complexity index is 622. The second-order valence-corrected chi connectivity index (χ2v) is 5.39. The molecular formula is C14H9F3O2S. The van der Waals surface area contributed by atoms with Crippen LogP contribution in [0.4, 0.5) is 13.2 Å². The SMILES string of the molecule is O=C(c1ccccc1)C1OC1(c1cccs1)C(F)(F)F. The van der Waals surface area contributed by atoms with Crippen molar-refractivity contribution in [3.63, 3.8) is 0 Å². The monoisotopic (exact) mass is 298 g/mol. The number of alkyl halides is 3. The molecule has 2 atom stereocenters. The summed E-state index contributed by atoms with van der Waals surface area (Å²) >= 11 is 0.938. The highest BCUT2D eigenvalue weighted by Crippen LogP contribution is 2.59. The summed E-state index contributed by atoms with van der Waals surface area (Å²) in [4.78, 5) is 12.2. The van der Waals surface area contributed by atoms with Crippen molar-refractivity contribution in [1.82, 2.24) is 0 Å². The molecule has 1 aromatic heterocycles. The number of epoxide rings is 1. The maximum atomic E-state index is 13.3. The van der Waals surface area contributed by atoms with Crippen LogP contribution in [0.3, 0.4) is 0 Å². The fourth-order valence-corrected chi connectivity index (χ4v) is 3.08. The lowest BCUT2D eigenvalue weighted by atomic mass is 9.96. The summed E-state index contributed by atoms with van der Waals surface area (Å²) in [6, 6.07) is 10.7. The Morgan fingerprint density at radius 2 is 1.85 bits per heavy atom. The van der Waals surface area contributed by atoms with Gasteiger partial charge in [-0.25, -0.2) is 0 Å². The third-order valence-corrected chi connectivity index (χ3v) is 4.21. The lowest BCUT2D eigenvalue weighted by molar-refractivity contribution is -0.186. The topological polar surface area (TPSA) is 29.6 Å². The van der Waals surface area contributed by atoms with Crippen LogP contribution in [0.1, 0.15) is 15.2 Å². The van der Waals surface area contributed by atoms with Gasteiger partial charge < -0.3 is 4.74 Å². The predicted molar refractivity (Wildman–Crippen MR) is 67.7 cm³/mol. The first-order chi connectivity index (χ1) is 9.47. The molecular weight excluding hydrogens is 289 g/mol. The molecule has 0 radical (unpaired) electrons. The van der Waals surface area contributed by atoms with E-state index < -0.39 is 23.7 Å². The molecule has 1 aliphatic heterocycles. The first kappa shape index (κ1) is 13.3. The maximum absolute atomic E-state index is 13.3. The zero-order chi connectivity index (χ0) is 14.4. The van der Waals surface area contributed by atoms with Crippen LogP contribution in [-0.2, 0) is 10.3 Å². The zero-order valence-corrected chi connectivity index (χ0v) is 10.9. The summed E-state index contributed by atoms with van der Waals surface area (Å²) in [5, 5.41) is 1.54. The number of halogens is 3. The quantitative estimate of drug-likeness (QED) is 0.637. The van der Waals surface area contributed by atoms with Crippen LogP contribution >= 0.6 is 11.3 Å². The molecule has 1 fully saturated rings. The van der Waals surface area contributed by atoms with Gasteiger partial charge in [0.2, 0.25) is 5.60 Å². The summed E-state index contributed by atoms with van der Waals surface area (Å²) < 4.78 is 44.8. The molecule has 2 nitrogen and oxygen atoms in total. The number of thiophene rings is 1. The lowest BCUT2D eigenvalue weighted by Crippen LogP contribution is -2.34. The molecule has 2 unspecified atom stereocenters. The minimum Gasteiger partial charge on any atom is -0.342 e. The van der Waals surface area contributed by atoms with Gasteiger partial charge in [0.25, 0.3) is 0 Å². The molecule has 0 bridgehead atoms. The molecule has 20 heavy (non-hydrogen) atoms. The molecule has 0 amide bonds. The molecule has 0 saturated carbocycles. The highest BCUT2D eigenvalue weighted by atomic mass is 32.1. The summed E-state index contributed by atoms with van der Waals surface area (Å²) in [6.45, 7) is 0. The van der Waals surface area contributed by atoms with E-state index in [1.54, 1.807) is 18.2 Å². The van der Waals surface area contributed by atoms with Crippen LogP contribution in [0.25, 0.3) is 0 Å². The van der Waals surface area contributed by atoms with Crippen molar-refractivity contribution in [2.24, 2.45) is 0 Å². The normalized spacial score (nSPS) is 25.4. The molecule has 2 heterocycles. The van der Waals surface area contributed by atoms with Gasteiger partial charge in [-0.2, -0.15) is 13.2 Å². The van der Waals surface area contributed by atoms with Crippen molar-refractivity contribution in [2.75, 3.05) is 0 Å². The Morgan fingerprint density at radius 3 is 2.40 bits per heavy atom. The van der Waals surface area contributed by atoms with E-state index in [9.17, 15) is 18.0 Å². The number of ketones is 1. The van der Waals surface area contributed by atoms with E-state index >= 15 is 0 Å². The van der Waals surface area contributed by atoms with E-state index in [4.69, 9.17) is 4.74 Å². The molecule has 2 aromatic rings. The summed E-state index contributed by atoms with van der Waals surface area (Å²) in [5.74, 6) is -0.642. The average Bonchev–Trinajstić information content (AvgIpc) is 2.97. The Morgan fingerprint density at radius 1 is 1.15 bits per heavy atom. The second kappa shape index (κ2) is 4.43. The first-order valence-corrected chi connectivity index (χ1v) is 6.72. The van der Waals surface area contributed by atoms with Gasteiger partial charge in [0, 0.05) is 10.4 Å². The van der Waals surface area contributed by atoms with Crippen molar-refractivity contribution in [3.05, 3.63) is 58.3 Å². The molecule has 1 aromatic carbocycles. The number of ether oxygens (including phenoxy) is 1. The van der Waals surface area contributed by atoms with E-state index in [1.165, 1.54) is 29.6 Å². The standard InChI is InChI=1S/C14H9F3O2S/c15-14(16,17)13(10-7-4-8-20-10)12(19-13)11(18)9-5-2-1-3-6-9/h1-8,12H. The van der Waals surface area contributed by atoms with Crippen molar-refractivity contribution >= 4 is 17.1 Å². The third-order valence-electron chi connectivity index (χ3n) is 3.22. The van der Waals surface area contributed by atoms with Crippen LogP contribution in [0.15, 0.2) is 47.8 Å². The van der Waals surface area contributed by atoms with Gasteiger partial charge in [-0.05, 0) is 11.4 Å². The minimum absolute atomic E-state index is 0.0132. The Kier molecular flexibility index (Phi) is 2.95. The maximum Gasteiger partial charge on any atom is 0.425 e. The third kappa shape index (κ3) is 1.87. The molecule has 0 N–H and O–H groups in total. The van der Waals surface area contributed by atoms with Crippen molar-refractivity contribution in [2.45, 2.75) is 17.9 Å². The van der Waals surface area contributed by atoms with Gasteiger partial charge in [-0.15, -0.1) is 11.3 Å². The van der Waals surface area contributed by atoms with E-state index in [2.05, 4.69) is 0 Å². The fourth-order valence-electron chi connectivity index (χ4n) is 2.18. The zero-order valence-electron chi connectivity index (χ0n) is 10.1. The van der Waals surface area contributed by atoms with Crippen molar-refractivity contribution in [3.8, 4) is 0 Å². The van der Waals surface area contributed by atoms with Crippen LogP contribution in [0.5, 0.6) is 0 Å². The molecule has 0 spiro atoms. The van der Waals surface area contributed by atoms with Gasteiger partial charge in [-0.1, -0.05) is 36.4 Å². The molecule has 1 aliphatic rings. The van der Waals surface area contributed by atoms with Crippen LogP contribution in [-0.4, -0.2) is 18.1 Å². The molecule has 3 rings (SSSR count). The van der Waals surface area contributed by atoms with Gasteiger partial charge in [-0.3, -0.25) is 4.79 Å². The number of rotatable bonds is 3. The van der Waals surface area contributed by atoms with Gasteiger partial charge in [0.1, 0.15) is 0 Å². The lowest BCUT2D eigenvalue weighted by Gasteiger charge is -2.15. The summed E-state index contributed by atoms with van der Waals surface area (Å²) in [6.07, 6.45) is -6.11. The number of carbonyl (C=O) groups excluding carboxylic acids is 1. The van der Waals surface area contributed by atoms with Gasteiger partial charge in [0.05, 0.1) is 0 Å². The highest BCUT2D eigenvalue weighted by Gasteiger charge is 2.77. The Labute approximate surface area is 116 Å². The van der Waals surface area contributed by atoms with Crippen molar-refractivity contribution < 1.29 is 22.7 Å². The van der Waals surface area contributed by atoms with E-state index in [-0.39, 0.29) is 10.4 Å². The van der Waals surface area contributed by atoms with Crippen LogP contribution in [0, 0.1) is 0 Å². The predicted octanol–water partition coefficient (Wildman–Crippen LogP) is 3.79. The summed E-state index contributed by atoms with van der Waals surface area (Å²) in [5.41, 5.74) is -2.26. The van der Waals surface area contributed by atoms with E-state index in [0.29, 0.717) is 0 Å². The van der Waals surface area contributed by atoms with E-state index in [0.717, 1.165) is 11.3 Å². The number of benzene rings is 1.